The zero-order valence-electron chi connectivity index (χ0n) is 21.1. The van der Waals surface area contributed by atoms with Gasteiger partial charge in [-0.25, -0.2) is 9.67 Å². The Morgan fingerprint density at radius 3 is 2.54 bits per heavy atom. The molecule has 4 aromatic rings. The van der Waals surface area contributed by atoms with Crippen molar-refractivity contribution in [1.29, 1.82) is 0 Å². The molecule has 8 heteroatoms. The lowest BCUT2D eigenvalue weighted by Crippen LogP contribution is -2.49. The molecule has 35 heavy (non-hydrogen) atoms. The monoisotopic (exact) mass is 469 g/mol. The summed E-state index contributed by atoms with van der Waals surface area (Å²) in [6.45, 7) is 10.7. The van der Waals surface area contributed by atoms with Crippen molar-refractivity contribution in [1.82, 2.24) is 24.6 Å². The Morgan fingerprint density at radius 2 is 1.83 bits per heavy atom. The van der Waals surface area contributed by atoms with E-state index >= 15 is 0 Å². The maximum Gasteiger partial charge on any atom is 0.229 e. The number of hydrogen-bond acceptors (Lipinski definition) is 6. The van der Waals surface area contributed by atoms with Crippen LogP contribution in [0.15, 0.2) is 42.6 Å². The van der Waals surface area contributed by atoms with E-state index in [0.29, 0.717) is 5.95 Å². The molecule has 3 heterocycles. The third-order valence-corrected chi connectivity index (χ3v) is 6.99. The number of para-hydroxylation sites is 1. The standard InChI is InChI=1S/C27H31N7O/c1-16-8-7-9-17(2)23(16)30-24-21-15-28-26(31-25(21)33(6)32-24)29-20-11-10-19-12-13-34(18(3)35)27(4,5)22(19)14-20/h7-11,14-15H,12-13H2,1-6H3,(H,30,32)(H,28,29,31). The maximum atomic E-state index is 12.2. The molecular weight excluding hydrogens is 438 g/mol. The molecule has 0 spiro atoms. The number of hydrogen-bond donors (Lipinski definition) is 2. The van der Waals surface area contributed by atoms with Gasteiger partial charge in [-0.2, -0.15) is 10.1 Å². The SMILES string of the molecule is CC(=O)N1CCc2ccc(Nc3ncc4c(Nc5c(C)cccc5C)nn(C)c4n3)cc2C1(C)C. The average molecular weight is 470 g/mol. The van der Waals surface area contributed by atoms with E-state index in [4.69, 9.17) is 4.98 Å². The molecule has 1 aliphatic heterocycles. The van der Waals surface area contributed by atoms with E-state index in [-0.39, 0.29) is 11.4 Å². The van der Waals surface area contributed by atoms with Gasteiger partial charge in [-0.05, 0) is 68.5 Å². The Bertz CT molecular complexity index is 1430. The normalized spacial score (nSPS) is 14.6. The lowest BCUT2D eigenvalue weighted by Gasteiger charge is -2.43. The van der Waals surface area contributed by atoms with Crippen LogP contribution < -0.4 is 10.6 Å². The Morgan fingerprint density at radius 1 is 1.09 bits per heavy atom. The molecule has 180 valence electrons. The number of amides is 1. The second-order valence-electron chi connectivity index (χ2n) is 9.77. The van der Waals surface area contributed by atoms with E-state index in [1.54, 1.807) is 17.8 Å². The molecule has 0 bridgehead atoms. The van der Waals surface area contributed by atoms with Crippen LogP contribution in [0.2, 0.25) is 0 Å². The number of nitrogens with one attached hydrogen (secondary N) is 2. The minimum Gasteiger partial charge on any atom is -0.338 e. The summed E-state index contributed by atoms with van der Waals surface area (Å²) in [6, 6.07) is 12.5. The first-order valence-corrected chi connectivity index (χ1v) is 11.9. The van der Waals surface area contributed by atoms with E-state index in [2.05, 4.69) is 72.7 Å². The van der Waals surface area contributed by atoms with E-state index in [0.717, 1.165) is 57.9 Å². The Kier molecular flexibility index (Phi) is 5.46. The van der Waals surface area contributed by atoms with Crippen molar-refractivity contribution in [2.45, 2.75) is 46.6 Å². The van der Waals surface area contributed by atoms with Crippen LogP contribution >= 0.6 is 0 Å². The summed E-state index contributed by atoms with van der Waals surface area (Å²) in [6.07, 6.45) is 2.65. The van der Waals surface area contributed by atoms with E-state index < -0.39 is 0 Å². The molecule has 0 atom stereocenters. The molecule has 0 saturated carbocycles. The molecule has 8 nitrogen and oxygen atoms in total. The smallest absolute Gasteiger partial charge is 0.229 e. The summed E-state index contributed by atoms with van der Waals surface area (Å²) >= 11 is 0. The number of aryl methyl sites for hydroxylation is 3. The van der Waals surface area contributed by atoms with Crippen LogP contribution in [-0.4, -0.2) is 37.1 Å². The number of rotatable bonds is 4. The number of fused-ring (bicyclic) bond motifs is 2. The number of nitrogens with zero attached hydrogens (tertiary/aromatic N) is 5. The van der Waals surface area contributed by atoms with Crippen molar-refractivity contribution in [3.63, 3.8) is 0 Å². The van der Waals surface area contributed by atoms with Gasteiger partial charge in [0.25, 0.3) is 0 Å². The molecule has 1 aliphatic rings. The Balaban J connectivity index is 1.45. The van der Waals surface area contributed by atoms with Crippen LogP contribution in [0.25, 0.3) is 11.0 Å². The zero-order valence-corrected chi connectivity index (χ0v) is 21.1. The lowest BCUT2D eigenvalue weighted by molar-refractivity contribution is -0.135. The second kappa shape index (κ2) is 8.37. The highest BCUT2D eigenvalue weighted by Crippen LogP contribution is 2.37. The van der Waals surface area contributed by atoms with Gasteiger partial charge in [0.2, 0.25) is 11.9 Å². The molecule has 0 aliphatic carbocycles. The molecular formula is C27H31N7O. The number of carbonyl (C=O) groups is 1. The van der Waals surface area contributed by atoms with Crippen molar-refractivity contribution in [3.8, 4) is 0 Å². The van der Waals surface area contributed by atoms with Crippen LogP contribution in [0.1, 0.15) is 43.0 Å². The summed E-state index contributed by atoms with van der Waals surface area (Å²) in [5, 5.41) is 12.3. The Labute approximate surface area is 205 Å². The van der Waals surface area contributed by atoms with Gasteiger partial charge < -0.3 is 15.5 Å². The summed E-state index contributed by atoms with van der Waals surface area (Å²) in [5.74, 6) is 1.32. The summed E-state index contributed by atoms with van der Waals surface area (Å²) in [5.41, 5.74) is 7.01. The van der Waals surface area contributed by atoms with Gasteiger partial charge in [-0.1, -0.05) is 24.3 Å². The fourth-order valence-corrected chi connectivity index (χ4v) is 5.10. The fraction of sp³-hybridized carbons (Fsp3) is 0.333. The summed E-state index contributed by atoms with van der Waals surface area (Å²) < 4.78 is 1.76. The highest BCUT2D eigenvalue weighted by atomic mass is 16.2. The minimum atomic E-state index is -0.377. The quantitative estimate of drug-likeness (QED) is 0.432. The predicted octanol–water partition coefficient (Wildman–Crippen LogP) is 5.11. The van der Waals surface area contributed by atoms with Gasteiger partial charge in [0, 0.05) is 38.1 Å². The topological polar surface area (TPSA) is 88.0 Å². The van der Waals surface area contributed by atoms with Crippen LogP contribution in [0, 0.1) is 13.8 Å². The highest BCUT2D eigenvalue weighted by Gasteiger charge is 2.36. The van der Waals surface area contributed by atoms with Crippen LogP contribution in [0.5, 0.6) is 0 Å². The van der Waals surface area contributed by atoms with Gasteiger partial charge in [0.15, 0.2) is 11.5 Å². The first-order valence-electron chi connectivity index (χ1n) is 11.9. The highest BCUT2D eigenvalue weighted by molar-refractivity contribution is 5.90. The summed E-state index contributed by atoms with van der Waals surface area (Å²) in [4.78, 5) is 23.4. The van der Waals surface area contributed by atoms with Crippen molar-refractivity contribution in [2.24, 2.45) is 7.05 Å². The maximum absolute atomic E-state index is 12.2. The van der Waals surface area contributed by atoms with Crippen LogP contribution in [0.3, 0.4) is 0 Å². The number of carbonyl (C=O) groups excluding carboxylic acids is 1. The van der Waals surface area contributed by atoms with Gasteiger partial charge in [0.1, 0.15) is 0 Å². The summed E-state index contributed by atoms with van der Waals surface area (Å²) in [7, 11) is 1.88. The molecule has 0 radical (unpaired) electrons. The van der Waals surface area contributed by atoms with Gasteiger partial charge in [-0.15, -0.1) is 0 Å². The molecule has 5 rings (SSSR count). The minimum absolute atomic E-state index is 0.0920. The Hall–Kier alpha value is -3.94. The average Bonchev–Trinajstić information content (AvgIpc) is 3.11. The third kappa shape index (κ3) is 3.99. The van der Waals surface area contributed by atoms with E-state index in [1.807, 2.05) is 24.1 Å². The van der Waals surface area contributed by atoms with Crippen molar-refractivity contribution < 1.29 is 4.79 Å². The third-order valence-electron chi connectivity index (χ3n) is 6.99. The molecule has 0 fully saturated rings. The molecule has 0 saturated heterocycles. The van der Waals surface area contributed by atoms with E-state index in [1.165, 1.54) is 5.56 Å². The predicted molar refractivity (Wildman–Crippen MR) is 139 cm³/mol. The number of aromatic nitrogens is 4. The van der Waals surface area contributed by atoms with Crippen LogP contribution in [-0.2, 0) is 23.8 Å². The first-order chi connectivity index (χ1) is 16.6. The zero-order chi connectivity index (χ0) is 24.9. The fourth-order valence-electron chi connectivity index (χ4n) is 5.10. The molecule has 0 unspecified atom stereocenters. The van der Waals surface area contributed by atoms with Gasteiger partial charge in [-0.3, -0.25) is 4.79 Å². The van der Waals surface area contributed by atoms with Gasteiger partial charge in [0.05, 0.1) is 10.9 Å². The van der Waals surface area contributed by atoms with Crippen molar-refractivity contribution in [2.75, 3.05) is 17.2 Å². The van der Waals surface area contributed by atoms with Crippen LogP contribution in [0.4, 0.5) is 23.1 Å². The molecule has 2 aromatic carbocycles. The molecule has 2 N–H and O–H groups in total. The number of benzene rings is 2. The van der Waals surface area contributed by atoms with Crippen molar-refractivity contribution in [3.05, 3.63) is 64.8 Å². The first kappa shape index (κ1) is 22.8. The number of anilines is 4. The van der Waals surface area contributed by atoms with E-state index in [9.17, 15) is 4.79 Å². The van der Waals surface area contributed by atoms with Crippen molar-refractivity contribution >= 4 is 40.1 Å². The van der Waals surface area contributed by atoms with Gasteiger partial charge >= 0.3 is 0 Å². The molecule has 2 aromatic heterocycles. The lowest BCUT2D eigenvalue weighted by atomic mass is 9.83. The molecule has 1 amide bonds. The second-order valence-corrected chi connectivity index (χ2v) is 9.77. The largest absolute Gasteiger partial charge is 0.338 e.